The number of fused-ring (bicyclic) bond motifs is 1. The quantitative estimate of drug-likeness (QED) is 0.583. The molecule has 4 heterocycles. The van der Waals surface area contributed by atoms with Crippen molar-refractivity contribution in [2.24, 2.45) is 5.92 Å². The molecule has 1 aromatic carbocycles. The van der Waals surface area contributed by atoms with Crippen LogP contribution in [-0.4, -0.2) is 59.4 Å². The van der Waals surface area contributed by atoms with Crippen molar-refractivity contribution in [1.29, 1.82) is 0 Å². The number of hydrogen-bond acceptors (Lipinski definition) is 6. The molecule has 2 aromatic heterocycles. The van der Waals surface area contributed by atoms with Gasteiger partial charge in [0.1, 0.15) is 34.5 Å². The average molecular weight is 443 g/mol. The van der Waals surface area contributed by atoms with E-state index in [1.54, 1.807) is 22.6 Å². The minimum absolute atomic E-state index is 0.145. The van der Waals surface area contributed by atoms with E-state index in [1.807, 2.05) is 11.4 Å². The van der Waals surface area contributed by atoms with E-state index in [9.17, 15) is 18.4 Å². The maximum absolute atomic E-state index is 13.5. The number of anilines is 2. The molecule has 2 fully saturated rings. The highest BCUT2D eigenvalue weighted by molar-refractivity contribution is 7.16. The van der Waals surface area contributed by atoms with E-state index in [2.05, 4.69) is 14.9 Å². The van der Waals surface area contributed by atoms with Crippen LogP contribution in [0, 0.1) is 17.6 Å². The lowest BCUT2D eigenvalue weighted by Crippen LogP contribution is -2.51. The smallest absolute Gasteiger partial charge is 0.239 e. The molecule has 31 heavy (non-hydrogen) atoms. The Morgan fingerprint density at radius 3 is 2.52 bits per heavy atom. The minimum Gasteiger partial charge on any atom is -0.352 e. The van der Waals surface area contributed by atoms with Crippen LogP contribution >= 0.6 is 11.3 Å². The summed E-state index contributed by atoms with van der Waals surface area (Å²) in [6, 6.07) is 4.97. The Labute approximate surface area is 180 Å². The molecule has 1 atom stereocenters. The zero-order chi connectivity index (χ0) is 21.5. The molecule has 0 radical (unpaired) electrons. The van der Waals surface area contributed by atoms with Gasteiger partial charge in [-0.1, -0.05) is 0 Å². The largest absolute Gasteiger partial charge is 0.352 e. The molecule has 2 aliphatic rings. The van der Waals surface area contributed by atoms with Gasteiger partial charge in [-0.05, 0) is 30.0 Å². The van der Waals surface area contributed by atoms with Gasteiger partial charge in [-0.2, -0.15) is 0 Å². The fourth-order valence-electron chi connectivity index (χ4n) is 4.25. The monoisotopic (exact) mass is 443 g/mol. The number of halogens is 2. The third-order valence-electron chi connectivity index (χ3n) is 5.79. The van der Waals surface area contributed by atoms with Gasteiger partial charge in [0.05, 0.1) is 5.39 Å². The van der Waals surface area contributed by atoms with Gasteiger partial charge in [-0.3, -0.25) is 9.59 Å². The first-order chi connectivity index (χ1) is 15.0. The molecule has 160 valence electrons. The molecule has 0 bridgehead atoms. The summed E-state index contributed by atoms with van der Waals surface area (Å²) in [4.78, 5) is 40.6. The van der Waals surface area contributed by atoms with Crippen LogP contribution in [0.5, 0.6) is 0 Å². The van der Waals surface area contributed by atoms with E-state index in [-0.39, 0.29) is 18.1 Å². The second-order valence-electron chi connectivity index (χ2n) is 7.61. The normalized spacial score (nSPS) is 19.5. The van der Waals surface area contributed by atoms with Crippen LogP contribution in [-0.2, 0) is 9.59 Å². The second kappa shape index (κ2) is 7.84. The number of nitrogens with zero attached hydrogens (tertiary/aromatic N) is 5. The van der Waals surface area contributed by atoms with Crippen LogP contribution < -0.4 is 9.80 Å². The Bertz CT molecular complexity index is 1140. The van der Waals surface area contributed by atoms with Gasteiger partial charge in [-0.15, -0.1) is 11.3 Å². The molecular formula is C21H19F2N5O2S. The standard InChI is InChI=1S/C21H19F2N5O2S/c22-13-9-14(23)11-15(10-13)28-3-1-17(21(28)30)20(29)27-6-4-26(5-7-27)18-16-2-8-31-19(16)25-12-24-18/h2,8-12,17H,1,3-7H2. The number of thiophene rings is 1. The summed E-state index contributed by atoms with van der Waals surface area (Å²) in [5, 5.41) is 2.97. The molecule has 2 saturated heterocycles. The fourth-order valence-corrected chi connectivity index (χ4v) is 4.98. The average Bonchev–Trinajstić information content (AvgIpc) is 3.39. The summed E-state index contributed by atoms with van der Waals surface area (Å²) in [5.74, 6) is -2.10. The first kappa shape index (κ1) is 19.8. The number of rotatable bonds is 3. The minimum atomic E-state index is -0.819. The third-order valence-corrected chi connectivity index (χ3v) is 6.61. The number of carbonyl (C=O) groups excluding carboxylic acids is 2. The zero-order valence-corrected chi connectivity index (χ0v) is 17.3. The van der Waals surface area contributed by atoms with Gasteiger partial charge in [0.25, 0.3) is 0 Å². The summed E-state index contributed by atoms with van der Waals surface area (Å²) >= 11 is 1.56. The van der Waals surface area contributed by atoms with E-state index in [0.717, 1.165) is 34.2 Å². The molecule has 0 aliphatic carbocycles. The topological polar surface area (TPSA) is 69.6 Å². The highest BCUT2D eigenvalue weighted by Crippen LogP contribution is 2.30. The van der Waals surface area contributed by atoms with Crippen LogP contribution in [0.2, 0.25) is 0 Å². The molecule has 0 spiro atoms. The highest BCUT2D eigenvalue weighted by Gasteiger charge is 2.40. The van der Waals surface area contributed by atoms with E-state index in [0.29, 0.717) is 32.6 Å². The van der Waals surface area contributed by atoms with Crippen LogP contribution in [0.15, 0.2) is 36.0 Å². The van der Waals surface area contributed by atoms with Crippen LogP contribution in [0.25, 0.3) is 10.2 Å². The summed E-state index contributed by atoms with van der Waals surface area (Å²) in [6.07, 6.45) is 1.88. The van der Waals surface area contributed by atoms with Crippen molar-refractivity contribution in [1.82, 2.24) is 14.9 Å². The number of amides is 2. The molecule has 0 N–H and O–H groups in total. The maximum atomic E-state index is 13.5. The Hall–Kier alpha value is -3.14. The Kier molecular flexibility index (Phi) is 5.01. The summed E-state index contributed by atoms with van der Waals surface area (Å²) < 4.78 is 27.1. The van der Waals surface area contributed by atoms with Gasteiger partial charge in [0.15, 0.2) is 0 Å². The highest BCUT2D eigenvalue weighted by atomic mass is 32.1. The molecule has 2 amide bonds. The lowest BCUT2D eigenvalue weighted by Gasteiger charge is -2.36. The van der Waals surface area contributed by atoms with Gasteiger partial charge in [-0.25, -0.2) is 18.7 Å². The molecule has 2 aliphatic heterocycles. The van der Waals surface area contributed by atoms with E-state index >= 15 is 0 Å². The molecular weight excluding hydrogens is 424 g/mol. The molecule has 0 saturated carbocycles. The van der Waals surface area contributed by atoms with Gasteiger partial charge in [0.2, 0.25) is 11.8 Å². The summed E-state index contributed by atoms with van der Waals surface area (Å²) in [7, 11) is 0. The van der Waals surface area contributed by atoms with Crippen LogP contribution in [0.3, 0.4) is 0 Å². The molecule has 3 aromatic rings. The predicted octanol–water partition coefficient (Wildman–Crippen LogP) is 2.67. The lowest BCUT2D eigenvalue weighted by atomic mass is 10.1. The molecule has 10 heteroatoms. The van der Waals surface area contributed by atoms with E-state index in [1.165, 1.54) is 4.90 Å². The molecule has 5 rings (SSSR count). The van der Waals surface area contributed by atoms with E-state index in [4.69, 9.17) is 0 Å². The number of carbonyl (C=O) groups is 2. The van der Waals surface area contributed by atoms with Crippen molar-refractivity contribution in [3.63, 3.8) is 0 Å². The van der Waals surface area contributed by atoms with Crippen molar-refractivity contribution in [3.8, 4) is 0 Å². The first-order valence-electron chi connectivity index (χ1n) is 10.0. The number of aromatic nitrogens is 2. The fraction of sp³-hybridized carbons (Fsp3) is 0.333. The summed E-state index contributed by atoms with van der Waals surface area (Å²) in [5.41, 5.74) is 0.145. The van der Waals surface area contributed by atoms with E-state index < -0.39 is 23.5 Å². The third kappa shape index (κ3) is 3.60. The maximum Gasteiger partial charge on any atom is 0.239 e. The SMILES string of the molecule is O=C(C1CCN(c2cc(F)cc(F)c2)C1=O)N1CCN(c2ncnc3sccc23)CC1. The van der Waals surface area contributed by atoms with Gasteiger partial charge >= 0.3 is 0 Å². The van der Waals surface area contributed by atoms with Crippen LogP contribution in [0.1, 0.15) is 6.42 Å². The number of benzene rings is 1. The second-order valence-corrected chi connectivity index (χ2v) is 8.50. The predicted molar refractivity (Wildman–Crippen MR) is 113 cm³/mol. The Morgan fingerprint density at radius 2 is 1.77 bits per heavy atom. The Morgan fingerprint density at radius 1 is 1.03 bits per heavy atom. The zero-order valence-electron chi connectivity index (χ0n) is 16.5. The molecule has 1 unspecified atom stereocenters. The van der Waals surface area contributed by atoms with Crippen LogP contribution in [0.4, 0.5) is 20.3 Å². The summed E-state index contributed by atoms with van der Waals surface area (Å²) in [6.45, 7) is 2.43. The molecule has 7 nitrogen and oxygen atoms in total. The lowest BCUT2D eigenvalue weighted by molar-refractivity contribution is -0.140. The van der Waals surface area contributed by atoms with Crippen molar-refractivity contribution >= 4 is 44.9 Å². The van der Waals surface area contributed by atoms with Gasteiger partial charge < -0.3 is 14.7 Å². The van der Waals surface area contributed by atoms with Crippen molar-refractivity contribution < 1.29 is 18.4 Å². The van der Waals surface area contributed by atoms with Crippen molar-refractivity contribution in [2.45, 2.75) is 6.42 Å². The number of hydrogen-bond donors (Lipinski definition) is 0. The first-order valence-corrected chi connectivity index (χ1v) is 10.9. The van der Waals surface area contributed by atoms with Crippen molar-refractivity contribution in [2.75, 3.05) is 42.5 Å². The Balaban J connectivity index is 1.25. The van der Waals surface area contributed by atoms with Crippen molar-refractivity contribution in [3.05, 3.63) is 47.6 Å². The number of piperazine rings is 1. The van der Waals surface area contributed by atoms with Gasteiger partial charge in [0, 0.05) is 44.5 Å².